The van der Waals surface area contributed by atoms with Crippen LogP contribution in [0.4, 0.5) is 0 Å². The molecule has 2 saturated carbocycles. The fourth-order valence-corrected chi connectivity index (χ4v) is 2.14. The molecule has 0 aromatic rings. The molecule has 0 bridgehead atoms. The Labute approximate surface area is 75.1 Å². The van der Waals surface area contributed by atoms with Crippen molar-refractivity contribution in [3.05, 3.63) is 0 Å². The Hall–Kier alpha value is -0.0800. The molecular weight excluding hydrogens is 148 g/mol. The molecule has 2 N–H and O–H groups in total. The fraction of sp³-hybridized carbons (Fsp3) is 1.00. The van der Waals surface area contributed by atoms with E-state index in [1.807, 2.05) is 0 Å². The van der Waals surface area contributed by atoms with E-state index in [1.54, 1.807) is 0 Å². The predicted molar refractivity (Wildman–Crippen MR) is 51.0 cm³/mol. The summed E-state index contributed by atoms with van der Waals surface area (Å²) in [5.41, 5.74) is 6.19. The summed E-state index contributed by atoms with van der Waals surface area (Å²) in [6, 6.07) is 0. The first-order valence-corrected chi connectivity index (χ1v) is 5.18. The summed E-state index contributed by atoms with van der Waals surface area (Å²) < 4.78 is 0. The lowest BCUT2D eigenvalue weighted by Crippen LogP contribution is -2.43. The Balaban J connectivity index is 1.79. The van der Waals surface area contributed by atoms with Gasteiger partial charge in [0.15, 0.2) is 0 Å². The Morgan fingerprint density at radius 1 is 1.42 bits per heavy atom. The highest BCUT2D eigenvalue weighted by Gasteiger charge is 2.45. The third kappa shape index (κ3) is 1.38. The molecule has 0 saturated heterocycles. The molecule has 0 aromatic heterocycles. The van der Waals surface area contributed by atoms with Gasteiger partial charge < -0.3 is 5.73 Å². The largest absolute Gasteiger partial charge is 0.329 e. The van der Waals surface area contributed by atoms with E-state index in [0.29, 0.717) is 5.54 Å². The normalized spacial score (nSPS) is 27.2. The average Bonchev–Trinajstić information content (AvgIpc) is 2.76. The predicted octanol–water partition coefficient (Wildman–Crippen LogP) is 1.21. The average molecular weight is 168 g/mol. The number of nitrogens with zero attached hydrogens (tertiary/aromatic N) is 1. The summed E-state index contributed by atoms with van der Waals surface area (Å²) in [5, 5.41) is 0. The molecule has 12 heavy (non-hydrogen) atoms. The van der Waals surface area contributed by atoms with Gasteiger partial charge in [-0.25, -0.2) is 0 Å². The van der Waals surface area contributed by atoms with Crippen LogP contribution in [0.2, 0.25) is 0 Å². The third-order valence-electron chi connectivity index (χ3n) is 3.77. The molecule has 0 spiro atoms. The van der Waals surface area contributed by atoms with Crippen molar-refractivity contribution >= 4 is 0 Å². The van der Waals surface area contributed by atoms with Crippen molar-refractivity contribution in [2.24, 2.45) is 11.7 Å². The van der Waals surface area contributed by atoms with E-state index in [9.17, 15) is 0 Å². The summed E-state index contributed by atoms with van der Waals surface area (Å²) in [7, 11) is 2.25. The summed E-state index contributed by atoms with van der Waals surface area (Å²) in [6.07, 6.45) is 7.00. The monoisotopic (exact) mass is 168 g/mol. The van der Waals surface area contributed by atoms with Crippen molar-refractivity contribution in [1.82, 2.24) is 4.90 Å². The van der Waals surface area contributed by atoms with Crippen molar-refractivity contribution in [3.63, 3.8) is 0 Å². The smallest absolute Gasteiger partial charge is 0.0330 e. The summed E-state index contributed by atoms with van der Waals surface area (Å²) >= 11 is 0. The van der Waals surface area contributed by atoms with E-state index >= 15 is 0 Å². The van der Waals surface area contributed by atoms with Crippen LogP contribution in [-0.4, -0.2) is 30.6 Å². The second-order valence-electron chi connectivity index (χ2n) is 4.61. The Morgan fingerprint density at radius 3 is 2.42 bits per heavy atom. The molecule has 2 fully saturated rings. The molecule has 0 aromatic carbocycles. The SMILES string of the molecule is CN(CC1CCC1)C1(CN)CC1. The van der Waals surface area contributed by atoms with Crippen LogP contribution in [0.15, 0.2) is 0 Å². The molecule has 2 heteroatoms. The maximum absolute atomic E-state index is 5.76. The van der Waals surface area contributed by atoms with Crippen LogP contribution in [0, 0.1) is 5.92 Å². The van der Waals surface area contributed by atoms with Crippen molar-refractivity contribution in [3.8, 4) is 0 Å². The number of hydrogen-bond acceptors (Lipinski definition) is 2. The summed E-state index contributed by atoms with van der Waals surface area (Å²) in [5.74, 6) is 0.985. The minimum Gasteiger partial charge on any atom is -0.329 e. The van der Waals surface area contributed by atoms with Crippen molar-refractivity contribution in [2.45, 2.75) is 37.6 Å². The van der Waals surface area contributed by atoms with Gasteiger partial charge in [-0.2, -0.15) is 0 Å². The van der Waals surface area contributed by atoms with E-state index in [1.165, 1.54) is 38.6 Å². The lowest BCUT2D eigenvalue weighted by molar-refractivity contribution is 0.151. The topological polar surface area (TPSA) is 29.3 Å². The van der Waals surface area contributed by atoms with E-state index in [4.69, 9.17) is 5.73 Å². The highest BCUT2D eigenvalue weighted by molar-refractivity contribution is 5.04. The van der Waals surface area contributed by atoms with Gasteiger partial charge in [0.25, 0.3) is 0 Å². The van der Waals surface area contributed by atoms with Crippen LogP contribution < -0.4 is 5.73 Å². The molecule has 70 valence electrons. The Bertz CT molecular complexity index is 159. The van der Waals surface area contributed by atoms with Gasteiger partial charge in [-0.3, -0.25) is 4.90 Å². The number of rotatable bonds is 4. The van der Waals surface area contributed by atoms with Gasteiger partial charge in [0.2, 0.25) is 0 Å². The second kappa shape index (κ2) is 3.00. The van der Waals surface area contributed by atoms with E-state index in [0.717, 1.165) is 12.5 Å². The number of likely N-dealkylation sites (N-methyl/N-ethyl adjacent to an activating group) is 1. The molecule has 2 aliphatic rings. The van der Waals surface area contributed by atoms with Crippen LogP contribution >= 0.6 is 0 Å². The lowest BCUT2D eigenvalue weighted by atomic mass is 9.85. The Kier molecular flexibility index (Phi) is 2.13. The van der Waals surface area contributed by atoms with Crippen molar-refractivity contribution in [2.75, 3.05) is 20.1 Å². The standard InChI is InChI=1S/C10H20N2/c1-12(7-9-3-2-4-9)10(8-11)5-6-10/h9H,2-8,11H2,1H3. The molecule has 0 unspecified atom stereocenters. The van der Waals surface area contributed by atoms with Crippen molar-refractivity contribution < 1.29 is 0 Å². The molecule has 0 atom stereocenters. The lowest BCUT2D eigenvalue weighted by Gasteiger charge is -2.34. The molecule has 0 amide bonds. The van der Waals surface area contributed by atoms with Crippen LogP contribution in [0.25, 0.3) is 0 Å². The van der Waals surface area contributed by atoms with Gasteiger partial charge in [0.1, 0.15) is 0 Å². The Morgan fingerprint density at radius 2 is 2.08 bits per heavy atom. The van der Waals surface area contributed by atoms with Crippen LogP contribution in [-0.2, 0) is 0 Å². The highest BCUT2D eigenvalue weighted by atomic mass is 15.2. The molecule has 0 radical (unpaired) electrons. The zero-order valence-corrected chi connectivity index (χ0v) is 8.05. The molecular formula is C10H20N2. The van der Waals surface area contributed by atoms with Crippen LogP contribution in [0.5, 0.6) is 0 Å². The first kappa shape index (κ1) is 8.52. The van der Waals surface area contributed by atoms with E-state index in [2.05, 4.69) is 11.9 Å². The van der Waals surface area contributed by atoms with E-state index < -0.39 is 0 Å². The minimum atomic E-state index is 0.426. The zero-order chi connectivity index (χ0) is 8.60. The maximum Gasteiger partial charge on any atom is 0.0330 e. The molecule has 2 nitrogen and oxygen atoms in total. The molecule has 2 rings (SSSR count). The van der Waals surface area contributed by atoms with Crippen molar-refractivity contribution in [1.29, 1.82) is 0 Å². The minimum absolute atomic E-state index is 0.426. The second-order valence-corrected chi connectivity index (χ2v) is 4.61. The zero-order valence-electron chi connectivity index (χ0n) is 8.05. The van der Waals surface area contributed by atoms with Gasteiger partial charge in [0, 0.05) is 18.6 Å². The third-order valence-corrected chi connectivity index (χ3v) is 3.77. The number of nitrogens with two attached hydrogens (primary N) is 1. The molecule has 0 heterocycles. The number of hydrogen-bond donors (Lipinski definition) is 1. The quantitative estimate of drug-likeness (QED) is 0.683. The van der Waals surface area contributed by atoms with Gasteiger partial charge in [0.05, 0.1) is 0 Å². The van der Waals surface area contributed by atoms with Crippen LogP contribution in [0.3, 0.4) is 0 Å². The molecule has 0 aliphatic heterocycles. The fourth-order valence-electron chi connectivity index (χ4n) is 2.14. The van der Waals surface area contributed by atoms with Crippen LogP contribution in [0.1, 0.15) is 32.1 Å². The summed E-state index contributed by atoms with van der Waals surface area (Å²) in [4.78, 5) is 2.51. The molecule has 2 aliphatic carbocycles. The maximum atomic E-state index is 5.76. The first-order valence-electron chi connectivity index (χ1n) is 5.18. The summed E-state index contributed by atoms with van der Waals surface area (Å²) in [6.45, 7) is 2.15. The highest BCUT2D eigenvalue weighted by Crippen LogP contribution is 2.41. The van der Waals surface area contributed by atoms with Gasteiger partial charge in [-0.15, -0.1) is 0 Å². The van der Waals surface area contributed by atoms with Gasteiger partial charge in [-0.05, 0) is 38.6 Å². The van der Waals surface area contributed by atoms with E-state index in [-0.39, 0.29) is 0 Å². The van der Waals surface area contributed by atoms with Gasteiger partial charge in [-0.1, -0.05) is 6.42 Å². The first-order chi connectivity index (χ1) is 5.77. The van der Waals surface area contributed by atoms with Gasteiger partial charge >= 0.3 is 0 Å².